The van der Waals surface area contributed by atoms with E-state index in [-0.39, 0.29) is 11.9 Å². The molecule has 1 rings (SSSR count). The third-order valence-corrected chi connectivity index (χ3v) is 2.39. The lowest BCUT2D eigenvalue weighted by Gasteiger charge is -2.24. The average molecular weight is 193 g/mol. The van der Waals surface area contributed by atoms with Gasteiger partial charge in [-0.3, -0.25) is 4.79 Å². The summed E-state index contributed by atoms with van der Waals surface area (Å²) >= 11 is 0. The Kier molecular flexibility index (Phi) is 3.65. The number of benzene rings is 1. The van der Waals surface area contributed by atoms with Crippen LogP contribution in [-0.2, 0) is 4.79 Å². The molecule has 0 aliphatic rings. The van der Waals surface area contributed by atoms with Crippen LogP contribution in [0.2, 0.25) is 0 Å². The molecule has 0 fully saturated rings. The first-order valence-electron chi connectivity index (χ1n) is 4.58. The number of aliphatic hydroxyl groups is 1. The van der Waals surface area contributed by atoms with E-state index >= 15 is 0 Å². The maximum Gasteiger partial charge on any atom is 0.248 e. The molecule has 3 nitrogen and oxygen atoms in total. The Morgan fingerprint density at radius 3 is 2.50 bits per heavy atom. The largest absolute Gasteiger partial charge is 0.387 e. The number of carbonyl (C=O) groups excluding carboxylic acids is 1. The second-order valence-electron chi connectivity index (χ2n) is 3.25. The minimum Gasteiger partial charge on any atom is -0.387 e. The summed E-state index contributed by atoms with van der Waals surface area (Å²) in [6.07, 6.45) is 0. The summed E-state index contributed by atoms with van der Waals surface area (Å²) in [6.45, 7) is 1.50. The first kappa shape index (κ1) is 10.7. The van der Waals surface area contributed by atoms with Crippen molar-refractivity contribution in [3.8, 4) is 0 Å². The van der Waals surface area contributed by atoms with E-state index in [0.717, 1.165) is 5.56 Å². The molecule has 0 heterocycles. The molecule has 1 aromatic carbocycles. The fraction of sp³-hybridized carbons (Fsp3) is 0.364. The number of rotatable bonds is 3. The van der Waals surface area contributed by atoms with Gasteiger partial charge in [-0.25, -0.2) is 0 Å². The first-order chi connectivity index (χ1) is 6.66. The van der Waals surface area contributed by atoms with Crippen LogP contribution >= 0.6 is 0 Å². The van der Waals surface area contributed by atoms with Crippen molar-refractivity contribution in [3.63, 3.8) is 0 Å². The molecule has 1 aromatic rings. The predicted octanol–water partition coefficient (Wildman–Crippen LogP) is 1.20. The van der Waals surface area contributed by atoms with Gasteiger partial charge in [-0.1, -0.05) is 30.3 Å². The lowest BCUT2D eigenvalue weighted by Crippen LogP contribution is -2.31. The fourth-order valence-electron chi connectivity index (χ4n) is 1.28. The van der Waals surface area contributed by atoms with Crippen molar-refractivity contribution in [2.24, 2.45) is 0 Å². The summed E-state index contributed by atoms with van der Waals surface area (Å²) in [6, 6.07) is 9.73. The quantitative estimate of drug-likeness (QED) is 0.783. The Morgan fingerprint density at radius 2 is 2.00 bits per heavy atom. The van der Waals surface area contributed by atoms with Gasteiger partial charge in [0.15, 0.2) is 0 Å². The summed E-state index contributed by atoms with van der Waals surface area (Å²) in [5.41, 5.74) is 1.07. The van der Waals surface area contributed by atoms with E-state index in [4.69, 9.17) is 5.11 Å². The normalized spacial score (nSPS) is 12.2. The van der Waals surface area contributed by atoms with Gasteiger partial charge in [0.1, 0.15) is 6.61 Å². The zero-order valence-corrected chi connectivity index (χ0v) is 8.47. The van der Waals surface area contributed by atoms with Gasteiger partial charge in [0.2, 0.25) is 5.91 Å². The molecule has 1 N–H and O–H groups in total. The Hall–Kier alpha value is -1.35. The molecular formula is C11H15NO2. The van der Waals surface area contributed by atoms with Gasteiger partial charge in [-0.05, 0) is 12.5 Å². The highest BCUT2D eigenvalue weighted by Gasteiger charge is 2.15. The van der Waals surface area contributed by atoms with Crippen molar-refractivity contribution in [1.82, 2.24) is 4.90 Å². The number of likely N-dealkylation sites (N-methyl/N-ethyl adjacent to an activating group) is 1. The van der Waals surface area contributed by atoms with E-state index in [1.807, 2.05) is 37.3 Å². The topological polar surface area (TPSA) is 40.5 Å². The van der Waals surface area contributed by atoms with Crippen molar-refractivity contribution in [3.05, 3.63) is 35.9 Å². The third kappa shape index (κ3) is 2.33. The van der Waals surface area contributed by atoms with Gasteiger partial charge in [-0.2, -0.15) is 0 Å². The summed E-state index contributed by atoms with van der Waals surface area (Å²) < 4.78 is 0. The molecule has 0 aromatic heterocycles. The van der Waals surface area contributed by atoms with E-state index in [0.29, 0.717) is 0 Å². The second-order valence-corrected chi connectivity index (χ2v) is 3.25. The van der Waals surface area contributed by atoms with Crippen LogP contribution in [-0.4, -0.2) is 29.6 Å². The summed E-state index contributed by atoms with van der Waals surface area (Å²) in [5, 5.41) is 8.71. The lowest BCUT2D eigenvalue weighted by atomic mass is 10.1. The molecule has 1 unspecified atom stereocenters. The van der Waals surface area contributed by atoms with E-state index in [1.54, 1.807) is 7.05 Å². The average Bonchev–Trinajstić information content (AvgIpc) is 2.27. The number of hydrogen-bond donors (Lipinski definition) is 1. The van der Waals surface area contributed by atoms with Crippen molar-refractivity contribution < 1.29 is 9.90 Å². The molecule has 0 radical (unpaired) electrons. The Bertz CT molecular complexity index is 297. The molecule has 1 atom stereocenters. The van der Waals surface area contributed by atoms with Crippen LogP contribution in [0, 0.1) is 0 Å². The highest BCUT2D eigenvalue weighted by molar-refractivity contribution is 5.77. The Morgan fingerprint density at radius 1 is 1.43 bits per heavy atom. The van der Waals surface area contributed by atoms with Crippen molar-refractivity contribution in [2.45, 2.75) is 13.0 Å². The monoisotopic (exact) mass is 193 g/mol. The van der Waals surface area contributed by atoms with Crippen LogP contribution in [0.5, 0.6) is 0 Å². The number of amides is 1. The zero-order valence-electron chi connectivity index (χ0n) is 8.47. The number of carbonyl (C=O) groups is 1. The van der Waals surface area contributed by atoms with Crippen molar-refractivity contribution >= 4 is 5.91 Å². The van der Waals surface area contributed by atoms with Gasteiger partial charge >= 0.3 is 0 Å². The van der Waals surface area contributed by atoms with Gasteiger partial charge in [-0.15, -0.1) is 0 Å². The smallest absolute Gasteiger partial charge is 0.248 e. The van der Waals surface area contributed by atoms with Crippen LogP contribution < -0.4 is 0 Å². The third-order valence-electron chi connectivity index (χ3n) is 2.39. The second kappa shape index (κ2) is 4.77. The predicted molar refractivity (Wildman–Crippen MR) is 54.7 cm³/mol. The van der Waals surface area contributed by atoms with Crippen LogP contribution in [0.3, 0.4) is 0 Å². The maximum absolute atomic E-state index is 11.2. The molecule has 1 amide bonds. The molecule has 0 aliphatic heterocycles. The summed E-state index contributed by atoms with van der Waals surface area (Å²) in [4.78, 5) is 12.7. The minimum absolute atomic E-state index is 0.00384. The molecule has 0 aliphatic carbocycles. The standard InChI is InChI=1S/C11H15NO2/c1-9(12(2)11(14)8-13)10-6-4-3-5-7-10/h3-7,9,13H,8H2,1-2H3. The molecule has 14 heavy (non-hydrogen) atoms. The molecule has 0 spiro atoms. The Labute approximate surface area is 84.0 Å². The van der Waals surface area contributed by atoms with Gasteiger partial charge in [0.05, 0.1) is 6.04 Å². The molecular weight excluding hydrogens is 178 g/mol. The molecule has 76 valence electrons. The van der Waals surface area contributed by atoms with E-state index in [2.05, 4.69) is 0 Å². The molecule has 0 saturated carbocycles. The Balaban J connectivity index is 2.75. The van der Waals surface area contributed by atoms with Gasteiger partial charge in [0.25, 0.3) is 0 Å². The SMILES string of the molecule is CC(c1ccccc1)N(C)C(=O)CO. The summed E-state index contributed by atoms with van der Waals surface area (Å²) in [7, 11) is 1.69. The summed E-state index contributed by atoms with van der Waals surface area (Å²) in [5.74, 6) is -0.263. The number of nitrogens with zero attached hydrogens (tertiary/aromatic N) is 1. The van der Waals surface area contributed by atoms with E-state index in [9.17, 15) is 4.79 Å². The molecule has 0 bridgehead atoms. The van der Waals surface area contributed by atoms with Gasteiger partial charge in [0, 0.05) is 7.05 Å². The zero-order chi connectivity index (χ0) is 10.6. The fourth-order valence-corrected chi connectivity index (χ4v) is 1.28. The van der Waals surface area contributed by atoms with Crippen LogP contribution in [0.1, 0.15) is 18.5 Å². The molecule has 3 heteroatoms. The van der Waals surface area contributed by atoms with Crippen LogP contribution in [0.25, 0.3) is 0 Å². The van der Waals surface area contributed by atoms with Crippen LogP contribution in [0.15, 0.2) is 30.3 Å². The first-order valence-corrected chi connectivity index (χ1v) is 4.58. The van der Waals surface area contributed by atoms with E-state index < -0.39 is 6.61 Å². The van der Waals surface area contributed by atoms with E-state index in [1.165, 1.54) is 4.90 Å². The number of hydrogen-bond acceptors (Lipinski definition) is 2. The highest BCUT2D eigenvalue weighted by atomic mass is 16.3. The maximum atomic E-state index is 11.2. The van der Waals surface area contributed by atoms with Gasteiger partial charge < -0.3 is 10.0 Å². The number of aliphatic hydroxyl groups excluding tert-OH is 1. The van der Waals surface area contributed by atoms with Crippen LogP contribution in [0.4, 0.5) is 0 Å². The van der Waals surface area contributed by atoms with Crippen molar-refractivity contribution in [1.29, 1.82) is 0 Å². The highest BCUT2D eigenvalue weighted by Crippen LogP contribution is 2.17. The lowest BCUT2D eigenvalue weighted by molar-refractivity contribution is -0.134. The molecule has 0 saturated heterocycles. The minimum atomic E-state index is -0.437. The van der Waals surface area contributed by atoms with Crippen molar-refractivity contribution in [2.75, 3.05) is 13.7 Å².